The molecule has 0 saturated carbocycles. The molecule has 0 bridgehead atoms. The van der Waals surface area contributed by atoms with Gasteiger partial charge in [-0.15, -0.1) is 0 Å². The second kappa shape index (κ2) is 8.22. The number of furan rings is 1. The molecule has 0 atom stereocenters. The molecule has 23 heavy (non-hydrogen) atoms. The first-order chi connectivity index (χ1) is 11.1. The van der Waals surface area contributed by atoms with Crippen LogP contribution in [-0.2, 0) is 11.3 Å². The van der Waals surface area contributed by atoms with Crippen LogP contribution in [0.25, 0.3) is 11.0 Å². The molecular weight excluding hydrogens is 292 g/mol. The van der Waals surface area contributed by atoms with Crippen LogP contribution in [0.3, 0.4) is 0 Å². The minimum atomic E-state index is -0.0355. The van der Waals surface area contributed by atoms with Gasteiger partial charge in [0.15, 0.2) is 5.96 Å². The lowest BCUT2D eigenvalue weighted by Crippen LogP contribution is -2.41. The molecule has 1 amide bonds. The maximum Gasteiger partial charge on any atom is 0.216 e. The van der Waals surface area contributed by atoms with Crippen molar-refractivity contribution in [2.24, 2.45) is 4.99 Å². The Morgan fingerprint density at radius 2 is 1.91 bits per heavy atom. The number of carbonyl (C=O) groups is 1. The third-order valence-corrected chi connectivity index (χ3v) is 3.46. The van der Waals surface area contributed by atoms with E-state index < -0.39 is 0 Å². The molecule has 1 heterocycles. The summed E-state index contributed by atoms with van der Waals surface area (Å²) in [5.74, 6) is 1.54. The van der Waals surface area contributed by atoms with Crippen LogP contribution in [0.15, 0.2) is 33.7 Å². The van der Waals surface area contributed by atoms with Crippen molar-refractivity contribution >= 4 is 22.8 Å². The third kappa shape index (κ3) is 4.74. The van der Waals surface area contributed by atoms with E-state index in [9.17, 15) is 4.79 Å². The van der Waals surface area contributed by atoms with Crippen molar-refractivity contribution in [3.05, 3.63) is 35.6 Å². The summed E-state index contributed by atoms with van der Waals surface area (Å²) in [6.07, 6.45) is 0. The van der Waals surface area contributed by atoms with Crippen LogP contribution in [0.5, 0.6) is 0 Å². The molecule has 1 aromatic heterocycles. The molecule has 2 aromatic rings. The number of amides is 1. The largest absolute Gasteiger partial charge is 0.459 e. The Morgan fingerprint density at radius 3 is 2.61 bits per heavy atom. The number of aliphatic imine (C=N–C) groups is 1. The Hall–Kier alpha value is -2.50. The minimum Gasteiger partial charge on any atom is -0.459 e. The number of fused-ring (bicyclic) bond motifs is 1. The molecule has 6 heteroatoms. The van der Waals surface area contributed by atoms with Crippen LogP contribution in [0.4, 0.5) is 0 Å². The van der Waals surface area contributed by atoms with Gasteiger partial charge in [-0.1, -0.05) is 18.2 Å². The quantitative estimate of drug-likeness (QED) is 0.432. The maximum absolute atomic E-state index is 10.9. The average Bonchev–Trinajstić information content (AvgIpc) is 2.85. The van der Waals surface area contributed by atoms with E-state index in [1.54, 1.807) is 0 Å². The Balaban J connectivity index is 2.00. The minimum absolute atomic E-state index is 0.0355. The van der Waals surface area contributed by atoms with Crippen molar-refractivity contribution in [2.45, 2.75) is 27.3 Å². The van der Waals surface area contributed by atoms with Crippen molar-refractivity contribution in [2.75, 3.05) is 19.6 Å². The molecule has 0 aliphatic heterocycles. The lowest BCUT2D eigenvalue weighted by molar-refractivity contribution is -0.118. The van der Waals surface area contributed by atoms with Crippen LogP contribution in [0.2, 0.25) is 0 Å². The molecule has 6 nitrogen and oxygen atoms in total. The van der Waals surface area contributed by atoms with Gasteiger partial charge in [0, 0.05) is 37.5 Å². The van der Waals surface area contributed by atoms with Gasteiger partial charge in [0.25, 0.3) is 0 Å². The lowest BCUT2D eigenvalue weighted by Gasteiger charge is -2.11. The normalized spacial score (nSPS) is 11.5. The molecule has 1 aromatic carbocycles. The van der Waals surface area contributed by atoms with E-state index in [1.165, 1.54) is 6.92 Å². The fourth-order valence-corrected chi connectivity index (χ4v) is 2.29. The van der Waals surface area contributed by atoms with E-state index in [4.69, 9.17) is 4.42 Å². The molecule has 3 N–H and O–H groups in total. The van der Waals surface area contributed by atoms with Crippen LogP contribution >= 0.6 is 0 Å². The number of para-hydroxylation sites is 1. The highest BCUT2D eigenvalue weighted by molar-refractivity contribution is 5.82. The number of aryl methyl sites for hydroxylation is 1. The van der Waals surface area contributed by atoms with Crippen LogP contribution in [0.1, 0.15) is 25.2 Å². The number of nitrogens with one attached hydrogen (secondary N) is 3. The van der Waals surface area contributed by atoms with Gasteiger partial charge in [-0.05, 0) is 19.9 Å². The molecule has 0 unspecified atom stereocenters. The molecule has 2 rings (SSSR count). The second-order valence-electron chi connectivity index (χ2n) is 5.25. The van der Waals surface area contributed by atoms with E-state index in [0.717, 1.165) is 28.8 Å². The Labute approximate surface area is 136 Å². The summed E-state index contributed by atoms with van der Waals surface area (Å²) in [4.78, 5) is 15.4. The molecule has 0 aliphatic rings. The fraction of sp³-hybridized carbons (Fsp3) is 0.412. The number of hydrogen-bond donors (Lipinski definition) is 3. The van der Waals surface area contributed by atoms with Gasteiger partial charge in [0.1, 0.15) is 17.9 Å². The highest BCUT2D eigenvalue weighted by atomic mass is 16.3. The SMILES string of the molecule is CCNC(=NCc1oc2ccccc2c1C)NCCNC(C)=O. The van der Waals surface area contributed by atoms with Gasteiger partial charge < -0.3 is 20.4 Å². The van der Waals surface area contributed by atoms with Crippen molar-refractivity contribution in [1.29, 1.82) is 0 Å². The highest BCUT2D eigenvalue weighted by Gasteiger charge is 2.09. The molecule has 124 valence electrons. The van der Waals surface area contributed by atoms with Gasteiger partial charge in [-0.25, -0.2) is 4.99 Å². The summed E-state index contributed by atoms with van der Waals surface area (Å²) < 4.78 is 5.86. The fourth-order valence-electron chi connectivity index (χ4n) is 2.29. The van der Waals surface area contributed by atoms with E-state index >= 15 is 0 Å². The van der Waals surface area contributed by atoms with Crippen LogP contribution in [0, 0.1) is 6.92 Å². The van der Waals surface area contributed by atoms with E-state index in [0.29, 0.717) is 25.6 Å². The van der Waals surface area contributed by atoms with Gasteiger partial charge in [0.05, 0.1) is 0 Å². The number of carbonyl (C=O) groups excluding carboxylic acids is 1. The first-order valence-corrected chi connectivity index (χ1v) is 7.85. The smallest absolute Gasteiger partial charge is 0.216 e. The predicted molar refractivity (Wildman–Crippen MR) is 92.5 cm³/mol. The zero-order chi connectivity index (χ0) is 16.7. The van der Waals surface area contributed by atoms with E-state index in [2.05, 4.69) is 27.0 Å². The zero-order valence-corrected chi connectivity index (χ0v) is 13.9. The molecule has 0 fully saturated rings. The average molecular weight is 316 g/mol. The summed E-state index contributed by atoms with van der Waals surface area (Å²) >= 11 is 0. The number of hydrogen-bond acceptors (Lipinski definition) is 3. The Morgan fingerprint density at radius 1 is 1.17 bits per heavy atom. The van der Waals surface area contributed by atoms with Crippen LogP contribution < -0.4 is 16.0 Å². The Bertz CT molecular complexity index is 691. The summed E-state index contributed by atoms with van der Waals surface area (Å²) in [6, 6.07) is 7.99. The first-order valence-electron chi connectivity index (χ1n) is 7.85. The zero-order valence-electron chi connectivity index (χ0n) is 13.9. The summed E-state index contributed by atoms with van der Waals surface area (Å²) in [5.41, 5.74) is 2.01. The number of rotatable bonds is 6. The van der Waals surface area contributed by atoms with E-state index in [-0.39, 0.29) is 5.91 Å². The van der Waals surface area contributed by atoms with Gasteiger partial charge in [-0.3, -0.25) is 4.79 Å². The van der Waals surface area contributed by atoms with Crippen molar-refractivity contribution in [3.63, 3.8) is 0 Å². The standard InChI is InChI=1S/C17H24N4O2/c1-4-18-17(20-10-9-19-13(3)22)21-11-16-12(2)14-7-5-6-8-15(14)23-16/h5-8H,4,9-11H2,1-3H3,(H,19,22)(H2,18,20,21). The maximum atomic E-state index is 10.9. The lowest BCUT2D eigenvalue weighted by atomic mass is 10.1. The summed E-state index contributed by atoms with van der Waals surface area (Å²) in [5, 5.41) is 10.2. The van der Waals surface area contributed by atoms with Crippen LogP contribution in [-0.4, -0.2) is 31.5 Å². The van der Waals surface area contributed by atoms with Crippen molar-refractivity contribution in [1.82, 2.24) is 16.0 Å². The van der Waals surface area contributed by atoms with Gasteiger partial charge in [-0.2, -0.15) is 0 Å². The highest BCUT2D eigenvalue weighted by Crippen LogP contribution is 2.25. The first kappa shape index (κ1) is 16.9. The third-order valence-electron chi connectivity index (χ3n) is 3.46. The molecule has 0 saturated heterocycles. The van der Waals surface area contributed by atoms with Crippen molar-refractivity contribution in [3.8, 4) is 0 Å². The molecular formula is C17H24N4O2. The predicted octanol–water partition coefficient (Wildman–Crippen LogP) is 1.93. The van der Waals surface area contributed by atoms with Crippen molar-refractivity contribution < 1.29 is 9.21 Å². The monoisotopic (exact) mass is 316 g/mol. The van der Waals surface area contributed by atoms with Gasteiger partial charge >= 0.3 is 0 Å². The number of benzene rings is 1. The second-order valence-corrected chi connectivity index (χ2v) is 5.25. The summed E-state index contributed by atoms with van der Waals surface area (Å²) in [6.45, 7) is 7.98. The number of guanidine groups is 1. The van der Waals surface area contributed by atoms with E-state index in [1.807, 2.05) is 32.0 Å². The van der Waals surface area contributed by atoms with Gasteiger partial charge in [0.2, 0.25) is 5.91 Å². The molecule has 0 aliphatic carbocycles. The number of nitrogens with zero attached hydrogens (tertiary/aromatic N) is 1. The molecule has 0 spiro atoms. The molecule has 0 radical (unpaired) electrons. The topological polar surface area (TPSA) is 78.7 Å². The Kier molecular flexibility index (Phi) is 6.02. The summed E-state index contributed by atoms with van der Waals surface area (Å²) in [7, 11) is 0.